The van der Waals surface area contributed by atoms with E-state index in [9.17, 15) is 9.59 Å². The first-order valence-corrected chi connectivity index (χ1v) is 7.48. The lowest BCUT2D eigenvalue weighted by molar-refractivity contribution is -0.116. The molecule has 0 saturated carbocycles. The third kappa shape index (κ3) is 2.78. The molecule has 108 valence electrons. The molecule has 21 heavy (non-hydrogen) atoms. The summed E-state index contributed by atoms with van der Waals surface area (Å²) in [6.45, 7) is 2.47. The van der Waals surface area contributed by atoms with E-state index in [1.54, 1.807) is 6.07 Å². The van der Waals surface area contributed by atoms with Crippen LogP contribution in [0.15, 0.2) is 24.3 Å². The van der Waals surface area contributed by atoms with Gasteiger partial charge < -0.3 is 4.90 Å². The Morgan fingerprint density at radius 1 is 1.38 bits per heavy atom. The van der Waals surface area contributed by atoms with Crippen LogP contribution in [0.3, 0.4) is 0 Å². The smallest absolute Gasteiger partial charge is 0.254 e. The average Bonchev–Trinajstić information content (AvgIpc) is 3.05. The fraction of sp³-hybridized carbons (Fsp3) is 0.286. The van der Waals surface area contributed by atoms with Crippen LogP contribution in [0.4, 0.5) is 5.13 Å². The minimum Gasteiger partial charge on any atom is -0.325 e. The number of aryl methyl sites for hydroxylation is 1. The van der Waals surface area contributed by atoms with E-state index in [0.717, 1.165) is 17.0 Å². The summed E-state index contributed by atoms with van der Waals surface area (Å²) in [6, 6.07) is 7.41. The van der Waals surface area contributed by atoms with Crippen molar-refractivity contribution in [1.82, 2.24) is 15.1 Å². The van der Waals surface area contributed by atoms with Crippen LogP contribution >= 0.6 is 11.3 Å². The largest absolute Gasteiger partial charge is 0.325 e. The Kier molecular flexibility index (Phi) is 3.66. The quantitative estimate of drug-likeness (QED) is 0.932. The number of nitrogens with zero attached hydrogens (tertiary/aromatic N) is 3. The van der Waals surface area contributed by atoms with Gasteiger partial charge in [0.2, 0.25) is 11.0 Å². The highest BCUT2D eigenvalue weighted by Crippen LogP contribution is 2.22. The Hall–Kier alpha value is -2.28. The van der Waals surface area contributed by atoms with Crippen molar-refractivity contribution in [3.05, 3.63) is 40.4 Å². The van der Waals surface area contributed by atoms with Gasteiger partial charge in [0.1, 0.15) is 11.6 Å². The molecule has 2 heterocycles. The predicted molar refractivity (Wildman–Crippen MR) is 79.1 cm³/mol. The van der Waals surface area contributed by atoms with Crippen molar-refractivity contribution in [1.29, 1.82) is 0 Å². The van der Waals surface area contributed by atoms with Crippen LogP contribution in [0.1, 0.15) is 27.9 Å². The minimum atomic E-state index is -0.255. The Balaban J connectivity index is 1.63. The number of carbonyl (C=O) groups excluding carboxylic acids is 2. The van der Waals surface area contributed by atoms with E-state index in [4.69, 9.17) is 0 Å². The molecular weight excluding hydrogens is 288 g/mol. The van der Waals surface area contributed by atoms with E-state index in [1.165, 1.54) is 16.2 Å². The molecule has 1 aromatic heterocycles. The van der Waals surface area contributed by atoms with Gasteiger partial charge in [0.15, 0.2) is 0 Å². The van der Waals surface area contributed by atoms with Crippen LogP contribution in [-0.4, -0.2) is 33.5 Å². The molecule has 0 fully saturated rings. The predicted octanol–water partition coefficient (Wildman–Crippen LogP) is 1.69. The fourth-order valence-corrected chi connectivity index (χ4v) is 2.92. The number of hydrogen-bond donors (Lipinski definition) is 1. The number of rotatable bonds is 4. The zero-order valence-electron chi connectivity index (χ0n) is 11.5. The topological polar surface area (TPSA) is 75.2 Å². The maximum absolute atomic E-state index is 12.2. The molecule has 0 radical (unpaired) electrons. The number of benzene rings is 1. The van der Waals surface area contributed by atoms with Crippen molar-refractivity contribution in [3.63, 3.8) is 0 Å². The summed E-state index contributed by atoms with van der Waals surface area (Å²) < 4.78 is 0. The molecule has 6 nitrogen and oxygen atoms in total. The number of aromatic nitrogens is 2. The maximum Gasteiger partial charge on any atom is 0.254 e. The first kappa shape index (κ1) is 13.7. The van der Waals surface area contributed by atoms with Gasteiger partial charge in [-0.05, 0) is 18.1 Å². The summed E-state index contributed by atoms with van der Waals surface area (Å²) in [7, 11) is 0. The second kappa shape index (κ2) is 5.61. The first-order valence-electron chi connectivity index (χ1n) is 6.66. The van der Waals surface area contributed by atoms with E-state index >= 15 is 0 Å². The molecule has 0 unspecified atom stereocenters. The van der Waals surface area contributed by atoms with Crippen molar-refractivity contribution in [3.8, 4) is 0 Å². The molecule has 0 aliphatic carbocycles. The van der Waals surface area contributed by atoms with Gasteiger partial charge in [-0.3, -0.25) is 14.9 Å². The Morgan fingerprint density at radius 3 is 2.90 bits per heavy atom. The van der Waals surface area contributed by atoms with Crippen molar-refractivity contribution < 1.29 is 9.59 Å². The van der Waals surface area contributed by atoms with Gasteiger partial charge in [-0.25, -0.2) is 0 Å². The van der Waals surface area contributed by atoms with Crippen molar-refractivity contribution in [2.45, 2.75) is 19.9 Å². The molecule has 3 rings (SSSR count). The van der Waals surface area contributed by atoms with E-state index in [0.29, 0.717) is 17.2 Å². The van der Waals surface area contributed by atoms with Crippen molar-refractivity contribution in [2.75, 3.05) is 11.9 Å². The number of anilines is 1. The van der Waals surface area contributed by atoms with Gasteiger partial charge in [-0.2, -0.15) is 0 Å². The number of amides is 2. The second-order valence-corrected chi connectivity index (χ2v) is 5.78. The molecule has 1 aliphatic heterocycles. The molecule has 0 atom stereocenters. The summed E-state index contributed by atoms with van der Waals surface area (Å²) in [4.78, 5) is 25.7. The molecule has 1 N–H and O–H groups in total. The van der Waals surface area contributed by atoms with E-state index in [1.807, 2.05) is 25.1 Å². The Morgan fingerprint density at radius 2 is 2.19 bits per heavy atom. The number of fused-ring (bicyclic) bond motifs is 1. The van der Waals surface area contributed by atoms with Gasteiger partial charge in [-0.15, -0.1) is 10.2 Å². The average molecular weight is 302 g/mol. The monoisotopic (exact) mass is 302 g/mol. The number of carbonyl (C=O) groups is 2. The number of nitrogens with one attached hydrogen (secondary N) is 1. The Labute approximate surface area is 125 Å². The molecule has 0 bridgehead atoms. The van der Waals surface area contributed by atoms with Crippen molar-refractivity contribution >= 4 is 28.3 Å². The zero-order chi connectivity index (χ0) is 14.8. The second-order valence-electron chi connectivity index (χ2n) is 4.72. The lowest BCUT2D eigenvalue weighted by atomic mass is 10.1. The zero-order valence-corrected chi connectivity index (χ0v) is 12.3. The first-order chi connectivity index (χ1) is 10.2. The van der Waals surface area contributed by atoms with Gasteiger partial charge in [-0.1, -0.05) is 36.5 Å². The molecule has 1 aromatic carbocycles. The lowest BCUT2D eigenvalue weighted by Gasteiger charge is -2.14. The highest BCUT2D eigenvalue weighted by atomic mass is 32.1. The third-order valence-electron chi connectivity index (χ3n) is 3.25. The molecule has 1 aliphatic rings. The fourth-order valence-electron chi connectivity index (χ4n) is 2.22. The van der Waals surface area contributed by atoms with Gasteiger partial charge in [0.05, 0.1) is 0 Å². The van der Waals surface area contributed by atoms with Crippen LogP contribution in [0.25, 0.3) is 0 Å². The van der Waals surface area contributed by atoms with Crippen LogP contribution in [0, 0.1) is 0 Å². The summed E-state index contributed by atoms with van der Waals surface area (Å²) in [5, 5.41) is 11.9. The minimum absolute atomic E-state index is 0.0224. The number of hydrogen-bond acceptors (Lipinski definition) is 5. The summed E-state index contributed by atoms with van der Waals surface area (Å²) in [5.74, 6) is -0.359. The van der Waals surface area contributed by atoms with E-state index < -0.39 is 0 Å². The lowest BCUT2D eigenvalue weighted by Crippen LogP contribution is -2.33. The maximum atomic E-state index is 12.2. The Bertz CT molecular complexity index is 698. The molecule has 2 aromatic rings. The normalized spacial score (nSPS) is 13.4. The van der Waals surface area contributed by atoms with Gasteiger partial charge >= 0.3 is 0 Å². The van der Waals surface area contributed by atoms with E-state index in [-0.39, 0.29) is 18.4 Å². The standard InChI is InChI=1S/C14H14N4O2S/c1-2-12-16-17-14(21-12)15-11(19)8-18-7-9-5-3-4-6-10(9)13(18)20/h3-6H,2,7-8H2,1H3,(H,15,17,19). The molecular formula is C14H14N4O2S. The van der Waals surface area contributed by atoms with Crippen LogP contribution in [0.2, 0.25) is 0 Å². The highest BCUT2D eigenvalue weighted by Gasteiger charge is 2.28. The summed E-state index contributed by atoms with van der Waals surface area (Å²) >= 11 is 1.35. The van der Waals surface area contributed by atoms with Gasteiger partial charge in [0.25, 0.3) is 5.91 Å². The molecule has 0 saturated heterocycles. The van der Waals surface area contributed by atoms with Crippen LogP contribution < -0.4 is 5.32 Å². The van der Waals surface area contributed by atoms with Crippen LogP contribution in [0.5, 0.6) is 0 Å². The molecule has 7 heteroatoms. The summed E-state index contributed by atoms with van der Waals surface area (Å²) in [6.07, 6.45) is 0.785. The highest BCUT2D eigenvalue weighted by molar-refractivity contribution is 7.15. The summed E-state index contributed by atoms with van der Waals surface area (Å²) in [5.41, 5.74) is 1.63. The molecule has 0 spiro atoms. The van der Waals surface area contributed by atoms with Crippen molar-refractivity contribution in [2.24, 2.45) is 0 Å². The molecule has 2 amide bonds. The van der Waals surface area contributed by atoms with Crippen LogP contribution in [-0.2, 0) is 17.8 Å². The van der Waals surface area contributed by atoms with Gasteiger partial charge in [0, 0.05) is 12.1 Å². The van der Waals surface area contributed by atoms with E-state index in [2.05, 4.69) is 15.5 Å². The SMILES string of the molecule is CCc1nnc(NC(=O)CN2Cc3ccccc3C2=O)s1. The third-order valence-corrected chi connectivity index (χ3v) is 4.23.